The van der Waals surface area contributed by atoms with E-state index in [0.29, 0.717) is 5.41 Å². The van der Waals surface area contributed by atoms with E-state index in [-0.39, 0.29) is 24.0 Å². The molecule has 1 saturated heterocycles. The quantitative estimate of drug-likeness (QED) is 0.448. The molecule has 1 aromatic rings. The van der Waals surface area contributed by atoms with Crippen LogP contribution in [0.3, 0.4) is 0 Å². The third kappa shape index (κ3) is 5.10. The van der Waals surface area contributed by atoms with Gasteiger partial charge in [-0.1, -0.05) is 37.3 Å². The van der Waals surface area contributed by atoms with Gasteiger partial charge in [-0.2, -0.15) is 0 Å². The van der Waals surface area contributed by atoms with Gasteiger partial charge in [0.15, 0.2) is 5.96 Å². The van der Waals surface area contributed by atoms with Crippen LogP contribution in [-0.4, -0.2) is 37.5 Å². The zero-order valence-corrected chi connectivity index (χ0v) is 16.8. The Morgan fingerprint density at radius 3 is 2.43 bits per heavy atom. The van der Waals surface area contributed by atoms with Gasteiger partial charge < -0.3 is 10.2 Å². The molecule has 0 spiro atoms. The first-order chi connectivity index (χ1) is 10.7. The van der Waals surface area contributed by atoms with E-state index in [1.807, 2.05) is 7.05 Å². The third-order valence-electron chi connectivity index (χ3n) is 5.30. The number of nitrogens with one attached hydrogen (secondary N) is 1. The van der Waals surface area contributed by atoms with E-state index >= 15 is 0 Å². The molecule has 3 rings (SSSR count). The molecule has 2 fully saturated rings. The lowest BCUT2D eigenvalue weighted by Gasteiger charge is -2.33. The van der Waals surface area contributed by atoms with E-state index in [9.17, 15) is 0 Å². The van der Waals surface area contributed by atoms with Crippen LogP contribution in [0.5, 0.6) is 0 Å². The Morgan fingerprint density at radius 1 is 1.22 bits per heavy atom. The van der Waals surface area contributed by atoms with E-state index in [1.165, 1.54) is 37.7 Å². The molecule has 128 valence electrons. The summed E-state index contributed by atoms with van der Waals surface area (Å²) in [5.41, 5.74) is 1.92. The molecular weight excluding hydrogens is 397 g/mol. The number of benzene rings is 1. The number of rotatable bonds is 4. The maximum absolute atomic E-state index is 4.51. The molecule has 0 unspecified atom stereocenters. The minimum absolute atomic E-state index is 0. The fourth-order valence-electron chi connectivity index (χ4n) is 3.44. The highest BCUT2D eigenvalue weighted by molar-refractivity contribution is 14.0. The van der Waals surface area contributed by atoms with Crippen molar-refractivity contribution in [3.63, 3.8) is 0 Å². The molecule has 1 N–H and O–H groups in total. The summed E-state index contributed by atoms with van der Waals surface area (Å²) in [6.07, 6.45) is 6.44. The summed E-state index contributed by atoms with van der Waals surface area (Å²) in [6.45, 7) is 5.70. The van der Waals surface area contributed by atoms with Gasteiger partial charge in [-0.05, 0) is 49.0 Å². The van der Waals surface area contributed by atoms with Crippen molar-refractivity contribution in [1.82, 2.24) is 10.2 Å². The van der Waals surface area contributed by atoms with Gasteiger partial charge >= 0.3 is 0 Å². The number of nitrogens with zero attached hydrogens (tertiary/aromatic N) is 2. The Balaban J connectivity index is 0.00000192. The van der Waals surface area contributed by atoms with E-state index in [2.05, 4.69) is 52.5 Å². The van der Waals surface area contributed by atoms with Crippen LogP contribution in [0.1, 0.15) is 38.2 Å². The summed E-state index contributed by atoms with van der Waals surface area (Å²) in [4.78, 5) is 6.94. The lowest BCUT2D eigenvalue weighted by molar-refractivity contribution is 0.271. The number of likely N-dealkylation sites (tertiary alicyclic amines) is 1. The first-order valence-corrected chi connectivity index (χ1v) is 8.70. The van der Waals surface area contributed by atoms with Crippen molar-refractivity contribution < 1.29 is 0 Å². The molecular formula is C19H30IN3. The normalized spacial score (nSPS) is 20.8. The van der Waals surface area contributed by atoms with Gasteiger partial charge in [0.1, 0.15) is 0 Å². The van der Waals surface area contributed by atoms with Gasteiger partial charge in [0, 0.05) is 26.7 Å². The molecule has 23 heavy (non-hydrogen) atoms. The van der Waals surface area contributed by atoms with Gasteiger partial charge in [0.05, 0.1) is 0 Å². The standard InChI is InChI=1S/C19H29N3.HI/c1-16-8-12-22(13-9-16)18(20-2)21-15-19(10-11-19)14-17-6-4-3-5-7-17;/h3-7,16H,8-15H2,1-2H3,(H,20,21);1H. The molecule has 1 aliphatic carbocycles. The highest BCUT2D eigenvalue weighted by atomic mass is 127. The van der Waals surface area contributed by atoms with Crippen LogP contribution in [0.4, 0.5) is 0 Å². The SMILES string of the molecule is CN=C(NCC1(Cc2ccccc2)CC1)N1CCC(C)CC1.I. The molecule has 0 aromatic heterocycles. The van der Waals surface area contributed by atoms with Crippen molar-refractivity contribution in [2.75, 3.05) is 26.7 Å². The zero-order chi connectivity index (χ0) is 15.4. The summed E-state index contributed by atoms with van der Waals surface area (Å²) in [5, 5.41) is 3.65. The molecule has 1 aromatic carbocycles. The molecule has 0 amide bonds. The molecule has 3 nitrogen and oxygen atoms in total. The smallest absolute Gasteiger partial charge is 0.193 e. The van der Waals surface area contributed by atoms with Crippen LogP contribution in [0.15, 0.2) is 35.3 Å². The molecule has 0 atom stereocenters. The topological polar surface area (TPSA) is 27.6 Å². The fraction of sp³-hybridized carbons (Fsp3) is 0.632. The molecule has 0 radical (unpaired) electrons. The van der Waals surface area contributed by atoms with Crippen molar-refractivity contribution in [3.05, 3.63) is 35.9 Å². The van der Waals surface area contributed by atoms with Crippen LogP contribution >= 0.6 is 24.0 Å². The lowest BCUT2D eigenvalue weighted by atomic mass is 9.96. The first-order valence-electron chi connectivity index (χ1n) is 8.70. The van der Waals surface area contributed by atoms with Crippen molar-refractivity contribution in [3.8, 4) is 0 Å². The molecule has 1 saturated carbocycles. The Kier molecular flexibility index (Phi) is 6.74. The Hall–Kier alpha value is -0.780. The minimum Gasteiger partial charge on any atom is -0.356 e. The predicted molar refractivity (Wildman–Crippen MR) is 109 cm³/mol. The van der Waals surface area contributed by atoms with Gasteiger partial charge in [0.25, 0.3) is 0 Å². The second-order valence-corrected chi connectivity index (χ2v) is 7.23. The summed E-state index contributed by atoms with van der Waals surface area (Å²) < 4.78 is 0. The van der Waals surface area contributed by atoms with Crippen LogP contribution in [0.25, 0.3) is 0 Å². The van der Waals surface area contributed by atoms with Gasteiger partial charge in [-0.25, -0.2) is 0 Å². The summed E-state index contributed by atoms with van der Waals surface area (Å²) in [7, 11) is 1.91. The largest absolute Gasteiger partial charge is 0.356 e. The number of halogens is 1. The highest BCUT2D eigenvalue weighted by Gasteiger charge is 2.42. The van der Waals surface area contributed by atoms with E-state index in [1.54, 1.807) is 0 Å². The average molecular weight is 427 g/mol. The van der Waals surface area contributed by atoms with Crippen LogP contribution < -0.4 is 5.32 Å². The van der Waals surface area contributed by atoms with Crippen LogP contribution in [0.2, 0.25) is 0 Å². The van der Waals surface area contributed by atoms with Crippen molar-refractivity contribution in [1.29, 1.82) is 0 Å². The van der Waals surface area contributed by atoms with Gasteiger partial charge in [-0.3, -0.25) is 4.99 Å². The second kappa shape index (κ2) is 8.36. The lowest BCUT2D eigenvalue weighted by Crippen LogP contribution is -2.47. The average Bonchev–Trinajstić information content (AvgIpc) is 3.30. The van der Waals surface area contributed by atoms with Crippen molar-refractivity contribution >= 4 is 29.9 Å². The third-order valence-corrected chi connectivity index (χ3v) is 5.30. The van der Waals surface area contributed by atoms with Crippen molar-refractivity contribution in [2.24, 2.45) is 16.3 Å². The predicted octanol–water partition coefficient (Wildman–Crippen LogP) is 3.93. The summed E-state index contributed by atoms with van der Waals surface area (Å²) in [6, 6.07) is 10.9. The Labute approximate surface area is 158 Å². The summed E-state index contributed by atoms with van der Waals surface area (Å²) >= 11 is 0. The number of hydrogen-bond donors (Lipinski definition) is 1. The van der Waals surface area contributed by atoms with Gasteiger partial charge in [-0.15, -0.1) is 24.0 Å². The zero-order valence-electron chi connectivity index (χ0n) is 14.4. The number of piperidine rings is 1. The summed E-state index contributed by atoms with van der Waals surface area (Å²) in [5.74, 6) is 1.97. The fourth-order valence-corrected chi connectivity index (χ4v) is 3.44. The molecule has 4 heteroatoms. The Morgan fingerprint density at radius 2 is 1.87 bits per heavy atom. The number of hydrogen-bond acceptors (Lipinski definition) is 1. The van der Waals surface area contributed by atoms with Crippen molar-refractivity contribution in [2.45, 2.75) is 39.0 Å². The van der Waals surface area contributed by atoms with Crippen LogP contribution in [-0.2, 0) is 6.42 Å². The Bertz CT molecular complexity index is 503. The van der Waals surface area contributed by atoms with Crippen LogP contribution in [0, 0.1) is 11.3 Å². The molecule has 0 bridgehead atoms. The van der Waals surface area contributed by atoms with Gasteiger partial charge in [0.2, 0.25) is 0 Å². The maximum Gasteiger partial charge on any atom is 0.193 e. The minimum atomic E-state index is 0. The maximum atomic E-state index is 4.51. The van der Waals surface area contributed by atoms with E-state index in [0.717, 1.165) is 31.5 Å². The molecule has 1 aliphatic heterocycles. The van der Waals surface area contributed by atoms with E-state index in [4.69, 9.17) is 0 Å². The first kappa shape index (κ1) is 18.6. The monoisotopic (exact) mass is 427 g/mol. The number of guanidine groups is 1. The second-order valence-electron chi connectivity index (χ2n) is 7.23. The highest BCUT2D eigenvalue weighted by Crippen LogP contribution is 2.47. The van der Waals surface area contributed by atoms with E-state index < -0.39 is 0 Å². The number of aliphatic imine (C=N–C) groups is 1. The molecule has 1 heterocycles. The molecule has 2 aliphatic rings.